The maximum Gasteiger partial charge on any atom is 0.253 e. The van der Waals surface area contributed by atoms with Crippen molar-refractivity contribution in [3.63, 3.8) is 0 Å². The van der Waals surface area contributed by atoms with Crippen molar-refractivity contribution in [3.8, 4) is 0 Å². The van der Waals surface area contributed by atoms with Crippen molar-refractivity contribution in [2.45, 2.75) is 18.9 Å². The highest BCUT2D eigenvalue weighted by atomic mass is 35.5. The zero-order valence-corrected chi connectivity index (χ0v) is 13.3. The summed E-state index contributed by atoms with van der Waals surface area (Å²) in [7, 11) is 0. The average molecular weight is 332 g/mol. The molecule has 120 valence electrons. The Hall–Kier alpha value is -2.27. The van der Waals surface area contributed by atoms with Gasteiger partial charge in [-0.1, -0.05) is 23.7 Å². The first-order chi connectivity index (χ1) is 11.1. The number of aromatic amines is 1. The molecule has 1 amide bonds. The highest BCUT2D eigenvalue weighted by molar-refractivity contribution is 6.33. The van der Waals surface area contributed by atoms with Crippen LogP contribution in [0.3, 0.4) is 0 Å². The molecular formula is C17H18ClN3O2. The monoisotopic (exact) mass is 331 g/mol. The van der Waals surface area contributed by atoms with Gasteiger partial charge in [0.15, 0.2) is 0 Å². The van der Waals surface area contributed by atoms with Crippen molar-refractivity contribution in [1.82, 2.24) is 10.3 Å². The zero-order chi connectivity index (χ0) is 16.2. The van der Waals surface area contributed by atoms with Gasteiger partial charge in [-0.25, -0.2) is 0 Å². The minimum Gasteiger partial charge on any atom is -0.368 e. The van der Waals surface area contributed by atoms with Crippen molar-refractivity contribution in [2.24, 2.45) is 0 Å². The number of anilines is 1. The third-order valence-electron chi connectivity index (χ3n) is 4.00. The molecule has 0 spiro atoms. The molecule has 0 aliphatic carbocycles. The number of nitrogens with zero attached hydrogens (tertiary/aromatic N) is 1. The Balaban J connectivity index is 1.67. The molecule has 1 unspecified atom stereocenters. The van der Waals surface area contributed by atoms with Crippen LogP contribution in [0.4, 0.5) is 5.69 Å². The largest absolute Gasteiger partial charge is 0.368 e. The molecule has 2 aromatic rings. The molecule has 3 rings (SSSR count). The van der Waals surface area contributed by atoms with Gasteiger partial charge in [0.1, 0.15) is 0 Å². The molecular weight excluding hydrogens is 314 g/mol. The molecule has 6 heteroatoms. The van der Waals surface area contributed by atoms with Crippen LogP contribution >= 0.6 is 11.6 Å². The molecule has 0 radical (unpaired) electrons. The lowest BCUT2D eigenvalue weighted by atomic mass is 10.0. The van der Waals surface area contributed by atoms with Gasteiger partial charge in [0, 0.05) is 31.4 Å². The molecule has 5 nitrogen and oxygen atoms in total. The van der Waals surface area contributed by atoms with Crippen LogP contribution in [0.25, 0.3) is 0 Å². The number of pyridine rings is 1. The zero-order valence-electron chi connectivity index (χ0n) is 12.6. The van der Waals surface area contributed by atoms with Gasteiger partial charge in [-0.05, 0) is 31.0 Å². The number of para-hydroxylation sites is 1. The highest BCUT2D eigenvalue weighted by Gasteiger charge is 2.23. The molecule has 1 atom stereocenters. The lowest BCUT2D eigenvalue weighted by Gasteiger charge is -2.35. The van der Waals surface area contributed by atoms with Crippen molar-refractivity contribution in [2.75, 3.05) is 18.0 Å². The van der Waals surface area contributed by atoms with Crippen LogP contribution in [-0.2, 0) is 0 Å². The number of hydrogen-bond donors (Lipinski definition) is 2. The number of hydrogen-bond acceptors (Lipinski definition) is 3. The minimum atomic E-state index is -0.218. The van der Waals surface area contributed by atoms with E-state index < -0.39 is 0 Å². The molecule has 0 saturated carbocycles. The van der Waals surface area contributed by atoms with Crippen molar-refractivity contribution in [1.29, 1.82) is 0 Å². The Bertz CT molecular complexity index is 739. The second kappa shape index (κ2) is 6.87. The standard InChI is InChI=1S/C17H18ClN3O2/c18-14-5-1-2-6-15(14)21-9-3-4-13(11-21)20-17(23)12-7-8-16(22)19-10-12/h1-2,5-8,10,13H,3-4,9,11H2,(H,19,22)(H,20,23). The number of H-pyrrole nitrogens is 1. The number of amides is 1. The molecule has 1 aliphatic heterocycles. The van der Waals surface area contributed by atoms with Gasteiger partial charge in [0.2, 0.25) is 5.56 Å². The van der Waals surface area contributed by atoms with Gasteiger partial charge in [-0.3, -0.25) is 9.59 Å². The summed E-state index contributed by atoms with van der Waals surface area (Å²) >= 11 is 6.26. The molecule has 0 bridgehead atoms. The summed E-state index contributed by atoms with van der Waals surface area (Å²) < 4.78 is 0. The summed E-state index contributed by atoms with van der Waals surface area (Å²) in [6.45, 7) is 1.65. The van der Waals surface area contributed by atoms with E-state index in [1.165, 1.54) is 18.3 Å². The lowest BCUT2D eigenvalue weighted by molar-refractivity contribution is 0.0933. The molecule has 1 aliphatic rings. The van der Waals surface area contributed by atoms with E-state index in [9.17, 15) is 9.59 Å². The van der Waals surface area contributed by atoms with Crippen LogP contribution in [0, 0.1) is 0 Å². The summed E-state index contributed by atoms with van der Waals surface area (Å²) in [4.78, 5) is 28.0. The Morgan fingerprint density at radius 3 is 2.83 bits per heavy atom. The molecule has 1 aromatic carbocycles. The van der Waals surface area contributed by atoms with E-state index >= 15 is 0 Å². The van der Waals surface area contributed by atoms with E-state index in [0.717, 1.165) is 36.6 Å². The third kappa shape index (κ3) is 3.74. The fourth-order valence-electron chi connectivity index (χ4n) is 2.84. The normalized spacial score (nSPS) is 17.8. The van der Waals surface area contributed by atoms with Crippen LogP contribution in [0.1, 0.15) is 23.2 Å². The minimum absolute atomic E-state index is 0.0550. The summed E-state index contributed by atoms with van der Waals surface area (Å²) in [5, 5.41) is 3.75. The van der Waals surface area contributed by atoms with Crippen molar-refractivity contribution in [3.05, 3.63) is 63.5 Å². The number of nitrogens with one attached hydrogen (secondary N) is 2. The van der Waals surface area contributed by atoms with E-state index in [1.54, 1.807) is 0 Å². The van der Waals surface area contributed by atoms with Gasteiger partial charge in [0.05, 0.1) is 16.3 Å². The van der Waals surface area contributed by atoms with E-state index in [0.29, 0.717) is 5.56 Å². The first kappa shape index (κ1) is 15.6. The van der Waals surface area contributed by atoms with Gasteiger partial charge >= 0.3 is 0 Å². The van der Waals surface area contributed by atoms with Crippen LogP contribution in [-0.4, -0.2) is 30.0 Å². The maximum atomic E-state index is 12.3. The number of piperidine rings is 1. The van der Waals surface area contributed by atoms with Crippen LogP contribution < -0.4 is 15.8 Å². The number of benzene rings is 1. The predicted molar refractivity (Wildman–Crippen MR) is 91.2 cm³/mol. The highest BCUT2D eigenvalue weighted by Crippen LogP contribution is 2.27. The van der Waals surface area contributed by atoms with E-state index in [4.69, 9.17) is 11.6 Å². The lowest BCUT2D eigenvalue weighted by Crippen LogP contribution is -2.48. The first-order valence-corrected chi connectivity index (χ1v) is 8.00. The quantitative estimate of drug-likeness (QED) is 0.908. The number of aromatic nitrogens is 1. The van der Waals surface area contributed by atoms with Crippen molar-refractivity contribution < 1.29 is 4.79 Å². The van der Waals surface area contributed by atoms with E-state index in [-0.39, 0.29) is 17.5 Å². The SMILES string of the molecule is O=C(NC1CCCN(c2ccccc2Cl)C1)c1ccc(=O)[nH]c1. The summed E-state index contributed by atoms with van der Waals surface area (Å²) in [5.74, 6) is -0.174. The van der Waals surface area contributed by atoms with E-state index in [2.05, 4.69) is 15.2 Å². The summed E-state index contributed by atoms with van der Waals surface area (Å²) in [6.07, 6.45) is 3.35. The second-order valence-electron chi connectivity index (χ2n) is 5.65. The van der Waals surface area contributed by atoms with Crippen LogP contribution in [0.5, 0.6) is 0 Å². The first-order valence-electron chi connectivity index (χ1n) is 7.62. The predicted octanol–water partition coefficient (Wildman–Crippen LogP) is 2.43. The Kier molecular flexibility index (Phi) is 4.67. The van der Waals surface area contributed by atoms with E-state index in [1.807, 2.05) is 24.3 Å². The topological polar surface area (TPSA) is 65.2 Å². The fraction of sp³-hybridized carbons (Fsp3) is 0.294. The average Bonchev–Trinajstić information content (AvgIpc) is 2.56. The van der Waals surface area contributed by atoms with Gasteiger partial charge in [0.25, 0.3) is 5.91 Å². The second-order valence-corrected chi connectivity index (χ2v) is 6.06. The summed E-state index contributed by atoms with van der Waals surface area (Å²) in [6, 6.07) is 10.7. The molecule has 1 aromatic heterocycles. The van der Waals surface area contributed by atoms with Crippen molar-refractivity contribution >= 4 is 23.2 Å². The number of halogens is 1. The number of carbonyl (C=O) groups is 1. The Morgan fingerprint density at radius 2 is 2.09 bits per heavy atom. The molecule has 2 N–H and O–H groups in total. The Labute approximate surface area is 139 Å². The Morgan fingerprint density at radius 1 is 1.26 bits per heavy atom. The molecule has 2 heterocycles. The number of rotatable bonds is 3. The van der Waals surface area contributed by atoms with Gasteiger partial charge < -0.3 is 15.2 Å². The third-order valence-corrected chi connectivity index (χ3v) is 4.32. The molecule has 1 saturated heterocycles. The smallest absolute Gasteiger partial charge is 0.253 e. The summed E-state index contributed by atoms with van der Waals surface area (Å²) in [5.41, 5.74) is 1.24. The van der Waals surface area contributed by atoms with Crippen LogP contribution in [0.2, 0.25) is 5.02 Å². The molecule has 23 heavy (non-hydrogen) atoms. The fourth-order valence-corrected chi connectivity index (χ4v) is 3.10. The molecule has 1 fully saturated rings. The van der Waals surface area contributed by atoms with Crippen LogP contribution in [0.15, 0.2) is 47.4 Å². The van der Waals surface area contributed by atoms with Gasteiger partial charge in [-0.15, -0.1) is 0 Å². The van der Waals surface area contributed by atoms with Gasteiger partial charge in [-0.2, -0.15) is 0 Å². The number of carbonyl (C=O) groups excluding carboxylic acids is 1. The maximum absolute atomic E-state index is 12.3.